The van der Waals surface area contributed by atoms with E-state index in [0.717, 1.165) is 5.56 Å². The third-order valence-corrected chi connectivity index (χ3v) is 4.84. The Morgan fingerprint density at radius 1 is 1.00 bits per heavy atom. The minimum atomic E-state index is -0.369. The van der Waals surface area contributed by atoms with Crippen molar-refractivity contribution in [3.63, 3.8) is 0 Å². The highest BCUT2D eigenvalue weighted by molar-refractivity contribution is 5.94. The molecule has 0 unspecified atom stereocenters. The van der Waals surface area contributed by atoms with Gasteiger partial charge in [0.15, 0.2) is 0 Å². The Morgan fingerprint density at radius 3 is 2.48 bits per heavy atom. The Bertz CT molecular complexity index is 1000. The van der Waals surface area contributed by atoms with Gasteiger partial charge in [0.2, 0.25) is 5.88 Å². The second-order valence-corrected chi connectivity index (χ2v) is 6.92. The third-order valence-electron chi connectivity index (χ3n) is 4.84. The number of carbonyl (C=O) groups is 1. The van der Waals surface area contributed by atoms with Gasteiger partial charge in [-0.25, -0.2) is 14.4 Å². The fourth-order valence-electron chi connectivity index (χ4n) is 3.23. The van der Waals surface area contributed by atoms with Gasteiger partial charge < -0.3 is 14.5 Å². The maximum Gasteiger partial charge on any atom is 0.253 e. The number of hydrogen-bond donors (Lipinski definition) is 0. The monoisotopic (exact) mass is 392 g/mol. The molecule has 1 aliphatic heterocycles. The summed E-state index contributed by atoms with van der Waals surface area (Å²) in [5.41, 5.74) is 1.84. The molecule has 0 atom stereocenters. The van der Waals surface area contributed by atoms with Gasteiger partial charge in [0.25, 0.3) is 5.91 Å². The van der Waals surface area contributed by atoms with Crippen molar-refractivity contribution in [3.05, 3.63) is 77.9 Å². The summed E-state index contributed by atoms with van der Waals surface area (Å²) in [5.74, 6) is 1.12. The molecular weight excluding hydrogens is 371 g/mol. The second-order valence-electron chi connectivity index (χ2n) is 6.92. The lowest BCUT2D eigenvalue weighted by Gasteiger charge is -2.35. The summed E-state index contributed by atoms with van der Waals surface area (Å²) in [4.78, 5) is 25.0. The lowest BCUT2D eigenvalue weighted by atomic mass is 10.1. The average Bonchev–Trinajstić information content (AvgIpc) is 2.74. The molecule has 29 heavy (non-hydrogen) atoms. The van der Waals surface area contributed by atoms with E-state index in [-0.39, 0.29) is 11.7 Å². The van der Waals surface area contributed by atoms with Crippen molar-refractivity contribution in [3.8, 4) is 11.6 Å². The van der Waals surface area contributed by atoms with Crippen LogP contribution in [-0.4, -0.2) is 47.0 Å². The number of nitrogens with zero attached hydrogens (tertiary/aromatic N) is 4. The molecule has 0 radical (unpaired) electrons. The number of aromatic nitrogens is 2. The zero-order valence-corrected chi connectivity index (χ0v) is 16.1. The molecule has 4 rings (SSSR count). The maximum absolute atomic E-state index is 13.3. The van der Waals surface area contributed by atoms with Crippen LogP contribution in [0.3, 0.4) is 0 Å². The molecule has 1 saturated heterocycles. The quantitative estimate of drug-likeness (QED) is 0.678. The molecule has 1 fully saturated rings. The second kappa shape index (κ2) is 8.26. The first-order valence-electron chi connectivity index (χ1n) is 9.45. The highest BCUT2D eigenvalue weighted by Gasteiger charge is 2.23. The topological polar surface area (TPSA) is 58.6 Å². The maximum atomic E-state index is 13.3. The summed E-state index contributed by atoms with van der Waals surface area (Å²) >= 11 is 0. The van der Waals surface area contributed by atoms with Gasteiger partial charge in [0.05, 0.1) is 0 Å². The zero-order valence-electron chi connectivity index (χ0n) is 16.1. The van der Waals surface area contributed by atoms with Gasteiger partial charge in [0.1, 0.15) is 23.7 Å². The van der Waals surface area contributed by atoms with Gasteiger partial charge in [-0.15, -0.1) is 0 Å². The lowest BCUT2D eigenvalue weighted by Crippen LogP contribution is -2.49. The predicted molar refractivity (Wildman–Crippen MR) is 108 cm³/mol. The van der Waals surface area contributed by atoms with Crippen LogP contribution in [0.4, 0.5) is 10.2 Å². The summed E-state index contributed by atoms with van der Waals surface area (Å²) in [6.07, 6.45) is 1.42. The summed E-state index contributed by atoms with van der Waals surface area (Å²) < 4.78 is 19.0. The van der Waals surface area contributed by atoms with Gasteiger partial charge in [-0.05, 0) is 31.2 Å². The average molecular weight is 392 g/mol. The fourth-order valence-corrected chi connectivity index (χ4v) is 3.23. The first-order chi connectivity index (χ1) is 14.1. The number of halogens is 1. The minimum absolute atomic E-state index is 0.0439. The molecule has 1 aromatic heterocycles. The van der Waals surface area contributed by atoms with Gasteiger partial charge in [-0.3, -0.25) is 4.79 Å². The van der Waals surface area contributed by atoms with Crippen LogP contribution in [0.5, 0.6) is 11.6 Å². The van der Waals surface area contributed by atoms with Gasteiger partial charge in [-0.2, -0.15) is 0 Å². The van der Waals surface area contributed by atoms with Crippen LogP contribution in [0.25, 0.3) is 0 Å². The molecule has 2 aromatic carbocycles. The van der Waals surface area contributed by atoms with Crippen molar-refractivity contribution in [1.29, 1.82) is 0 Å². The van der Waals surface area contributed by atoms with Gasteiger partial charge in [0, 0.05) is 43.9 Å². The molecule has 6 nitrogen and oxygen atoms in total. The van der Waals surface area contributed by atoms with Crippen LogP contribution >= 0.6 is 0 Å². The standard InChI is InChI=1S/C22H21FN4O2/c1-16-5-7-17(8-6-16)22(28)27-11-9-26(10-12-27)20-14-21(25-15-24-20)29-19-4-2-3-18(23)13-19/h2-8,13-15H,9-12H2,1H3. The van der Waals surface area contributed by atoms with E-state index in [1.807, 2.05) is 36.1 Å². The smallest absolute Gasteiger partial charge is 0.253 e. The van der Waals surface area contributed by atoms with Crippen molar-refractivity contribution in [2.45, 2.75) is 6.92 Å². The first-order valence-corrected chi connectivity index (χ1v) is 9.45. The number of hydrogen-bond acceptors (Lipinski definition) is 5. The van der Waals surface area contributed by atoms with Crippen LogP contribution in [-0.2, 0) is 0 Å². The van der Waals surface area contributed by atoms with Crippen LogP contribution in [0.15, 0.2) is 60.9 Å². The van der Waals surface area contributed by atoms with Crippen molar-refractivity contribution < 1.29 is 13.9 Å². The molecule has 2 heterocycles. The Balaban J connectivity index is 1.39. The molecule has 7 heteroatoms. The summed E-state index contributed by atoms with van der Waals surface area (Å²) in [7, 11) is 0. The summed E-state index contributed by atoms with van der Waals surface area (Å²) in [6, 6.07) is 15.3. The lowest BCUT2D eigenvalue weighted by molar-refractivity contribution is 0.0746. The molecule has 148 valence electrons. The molecule has 3 aromatic rings. The molecule has 0 bridgehead atoms. The molecule has 0 spiro atoms. The molecular formula is C22H21FN4O2. The van der Waals surface area contributed by atoms with Crippen molar-refractivity contribution in [1.82, 2.24) is 14.9 Å². The minimum Gasteiger partial charge on any atom is -0.439 e. The number of amides is 1. The Morgan fingerprint density at radius 2 is 1.76 bits per heavy atom. The Labute approximate surface area is 168 Å². The van der Waals surface area contributed by atoms with Crippen LogP contribution < -0.4 is 9.64 Å². The number of ether oxygens (including phenoxy) is 1. The van der Waals surface area contributed by atoms with E-state index < -0.39 is 0 Å². The number of rotatable bonds is 4. The van der Waals surface area contributed by atoms with Crippen molar-refractivity contribution in [2.24, 2.45) is 0 Å². The van der Waals surface area contributed by atoms with E-state index in [9.17, 15) is 9.18 Å². The molecule has 0 aliphatic carbocycles. The van der Waals surface area contributed by atoms with Crippen molar-refractivity contribution in [2.75, 3.05) is 31.1 Å². The molecule has 1 amide bonds. The fraction of sp³-hybridized carbons (Fsp3) is 0.227. The van der Waals surface area contributed by atoms with E-state index in [1.165, 1.54) is 18.5 Å². The number of piperazine rings is 1. The zero-order chi connectivity index (χ0) is 20.2. The van der Waals surface area contributed by atoms with E-state index in [1.54, 1.807) is 18.2 Å². The van der Waals surface area contributed by atoms with E-state index in [0.29, 0.717) is 49.2 Å². The number of benzene rings is 2. The Kier molecular flexibility index (Phi) is 5.37. The number of carbonyl (C=O) groups excluding carboxylic acids is 1. The number of anilines is 1. The van der Waals surface area contributed by atoms with Crippen LogP contribution in [0.1, 0.15) is 15.9 Å². The first kappa shape index (κ1) is 18.9. The van der Waals surface area contributed by atoms with E-state index in [2.05, 4.69) is 14.9 Å². The largest absolute Gasteiger partial charge is 0.439 e. The van der Waals surface area contributed by atoms with Crippen molar-refractivity contribution >= 4 is 11.7 Å². The molecule has 0 saturated carbocycles. The SMILES string of the molecule is Cc1ccc(C(=O)N2CCN(c3cc(Oc4cccc(F)c4)ncn3)CC2)cc1. The highest BCUT2D eigenvalue weighted by Crippen LogP contribution is 2.23. The normalized spacial score (nSPS) is 14.0. The van der Waals surface area contributed by atoms with E-state index >= 15 is 0 Å². The molecule has 1 aliphatic rings. The third kappa shape index (κ3) is 4.51. The van der Waals surface area contributed by atoms with Gasteiger partial charge in [-0.1, -0.05) is 23.8 Å². The molecule has 0 N–H and O–H groups in total. The van der Waals surface area contributed by atoms with Crippen LogP contribution in [0, 0.1) is 12.7 Å². The summed E-state index contributed by atoms with van der Waals surface area (Å²) in [6.45, 7) is 4.54. The van der Waals surface area contributed by atoms with Crippen LogP contribution in [0.2, 0.25) is 0 Å². The van der Waals surface area contributed by atoms with E-state index in [4.69, 9.17) is 4.74 Å². The predicted octanol–water partition coefficient (Wildman–Crippen LogP) is 3.68. The number of aryl methyl sites for hydroxylation is 1. The summed E-state index contributed by atoms with van der Waals surface area (Å²) in [5, 5.41) is 0. The highest BCUT2D eigenvalue weighted by atomic mass is 19.1. The Hall–Kier alpha value is -3.48. The van der Waals surface area contributed by atoms with Gasteiger partial charge >= 0.3 is 0 Å².